The van der Waals surface area contributed by atoms with E-state index in [2.05, 4.69) is 24.9 Å². The minimum atomic E-state index is 0.511. The van der Waals surface area contributed by atoms with Crippen LogP contribution in [0.3, 0.4) is 0 Å². The SMILES string of the molecule is Cc1cc(OCCN2CCC(n3cnc4c3NCCC4)CC2)nn1-c1ccc(Cl)c(Cl)c1. The number of fused-ring (bicyclic) bond motifs is 1. The highest BCUT2D eigenvalue weighted by Crippen LogP contribution is 2.30. The third-order valence-corrected chi connectivity index (χ3v) is 7.11. The topological polar surface area (TPSA) is 60.1 Å². The lowest BCUT2D eigenvalue weighted by Crippen LogP contribution is -2.37. The van der Waals surface area contributed by atoms with Crippen molar-refractivity contribution >= 4 is 29.0 Å². The molecule has 5 rings (SSSR count). The van der Waals surface area contributed by atoms with Crippen LogP contribution in [0.4, 0.5) is 5.82 Å². The van der Waals surface area contributed by atoms with Gasteiger partial charge in [-0.2, -0.15) is 0 Å². The molecular weight excluding hydrogens is 447 g/mol. The van der Waals surface area contributed by atoms with E-state index in [0.717, 1.165) is 56.8 Å². The standard InChI is InChI=1S/C23H28Cl2N6O/c1-16-13-22(28-31(16)18-4-5-19(24)20(25)14-18)32-12-11-29-9-6-17(7-10-29)30-15-27-21-3-2-8-26-23(21)30/h4-5,13-15,17,26H,2-3,6-12H2,1H3. The van der Waals surface area contributed by atoms with Crippen LogP contribution in [0.25, 0.3) is 5.69 Å². The summed E-state index contributed by atoms with van der Waals surface area (Å²) in [6.45, 7) is 6.69. The highest BCUT2D eigenvalue weighted by molar-refractivity contribution is 6.42. The lowest BCUT2D eigenvalue weighted by molar-refractivity contribution is 0.155. The smallest absolute Gasteiger partial charge is 0.233 e. The average molecular weight is 475 g/mol. The van der Waals surface area contributed by atoms with Crippen molar-refractivity contribution in [2.24, 2.45) is 0 Å². The third kappa shape index (κ3) is 4.47. The summed E-state index contributed by atoms with van der Waals surface area (Å²) in [6, 6.07) is 7.96. The number of aryl methyl sites for hydroxylation is 2. The van der Waals surface area contributed by atoms with Gasteiger partial charge in [0, 0.05) is 44.0 Å². The first-order chi connectivity index (χ1) is 15.6. The van der Waals surface area contributed by atoms with E-state index in [-0.39, 0.29) is 0 Å². The molecule has 7 nitrogen and oxygen atoms in total. The fraction of sp³-hybridized carbons (Fsp3) is 0.478. The Kier molecular flexibility index (Phi) is 6.31. The summed E-state index contributed by atoms with van der Waals surface area (Å²) in [5.41, 5.74) is 3.07. The molecule has 9 heteroatoms. The van der Waals surface area contributed by atoms with E-state index in [0.29, 0.717) is 28.6 Å². The van der Waals surface area contributed by atoms with Crippen molar-refractivity contribution in [3.05, 3.63) is 52.0 Å². The number of hydrogen-bond donors (Lipinski definition) is 1. The van der Waals surface area contributed by atoms with Gasteiger partial charge in [0.25, 0.3) is 0 Å². The minimum Gasteiger partial charge on any atom is -0.475 e. The molecule has 170 valence electrons. The number of ether oxygens (including phenoxy) is 1. The van der Waals surface area contributed by atoms with Crippen LogP contribution in [0.5, 0.6) is 5.88 Å². The number of imidazole rings is 1. The van der Waals surface area contributed by atoms with Gasteiger partial charge in [-0.05, 0) is 50.8 Å². The summed E-state index contributed by atoms with van der Waals surface area (Å²) >= 11 is 12.2. The molecule has 0 radical (unpaired) electrons. The van der Waals surface area contributed by atoms with Crippen molar-refractivity contribution < 1.29 is 4.74 Å². The normalized spacial score (nSPS) is 17.2. The Labute approximate surface area is 198 Å². The first-order valence-electron chi connectivity index (χ1n) is 11.3. The number of likely N-dealkylation sites (tertiary alicyclic amines) is 1. The molecule has 1 aromatic carbocycles. The molecule has 1 N–H and O–H groups in total. The lowest BCUT2D eigenvalue weighted by Gasteiger charge is -2.33. The van der Waals surface area contributed by atoms with Gasteiger partial charge in [-0.1, -0.05) is 23.2 Å². The molecule has 1 fully saturated rings. The molecule has 0 amide bonds. The molecule has 0 bridgehead atoms. The summed E-state index contributed by atoms with van der Waals surface area (Å²) < 4.78 is 10.1. The number of benzene rings is 1. The van der Waals surface area contributed by atoms with E-state index in [1.165, 1.54) is 17.9 Å². The molecule has 0 spiro atoms. The summed E-state index contributed by atoms with van der Waals surface area (Å²) in [5.74, 6) is 1.87. The number of nitrogens with zero attached hydrogens (tertiary/aromatic N) is 5. The Bertz CT molecular complexity index is 1090. The highest BCUT2D eigenvalue weighted by atomic mass is 35.5. The van der Waals surface area contributed by atoms with Crippen LogP contribution < -0.4 is 10.1 Å². The fourth-order valence-electron chi connectivity index (χ4n) is 4.61. The average Bonchev–Trinajstić information content (AvgIpc) is 3.40. The minimum absolute atomic E-state index is 0.511. The molecule has 2 aliphatic rings. The van der Waals surface area contributed by atoms with Crippen LogP contribution in [0.1, 0.15) is 36.7 Å². The highest BCUT2D eigenvalue weighted by Gasteiger charge is 2.24. The molecule has 0 atom stereocenters. The van der Waals surface area contributed by atoms with Crippen LogP contribution >= 0.6 is 23.2 Å². The van der Waals surface area contributed by atoms with E-state index in [1.54, 1.807) is 6.07 Å². The summed E-state index contributed by atoms with van der Waals surface area (Å²) in [7, 11) is 0. The molecule has 0 saturated carbocycles. The molecule has 4 heterocycles. The lowest BCUT2D eigenvalue weighted by atomic mass is 10.0. The number of aromatic nitrogens is 4. The first-order valence-corrected chi connectivity index (χ1v) is 12.0. The van der Waals surface area contributed by atoms with Gasteiger partial charge in [-0.25, -0.2) is 9.67 Å². The number of halogens is 2. The zero-order chi connectivity index (χ0) is 22.1. The van der Waals surface area contributed by atoms with Gasteiger partial charge in [-0.15, -0.1) is 5.10 Å². The van der Waals surface area contributed by atoms with Gasteiger partial charge >= 0.3 is 0 Å². The second-order valence-corrected chi connectivity index (χ2v) is 9.35. The van der Waals surface area contributed by atoms with Crippen molar-refractivity contribution in [1.82, 2.24) is 24.2 Å². The Hall–Kier alpha value is -2.22. The third-order valence-electron chi connectivity index (χ3n) is 6.37. The predicted molar refractivity (Wildman–Crippen MR) is 128 cm³/mol. The maximum Gasteiger partial charge on any atom is 0.233 e. The zero-order valence-corrected chi connectivity index (χ0v) is 19.7. The predicted octanol–water partition coefficient (Wildman–Crippen LogP) is 4.76. The van der Waals surface area contributed by atoms with Gasteiger partial charge in [0.15, 0.2) is 0 Å². The Morgan fingerprint density at radius 2 is 2.00 bits per heavy atom. The van der Waals surface area contributed by atoms with E-state index in [9.17, 15) is 0 Å². The first kappa shape index (κ1) is 21.6. The van der Waals surface area contributed by atoms with Gasteiger partial charge in [0.1, 0.15) is 12.4 Å². The zero-order valence-electron chi connectivity index (χ0n) is 18.2. The number of rotatable bonds is 6. The maximum atomic E-state index is 6.15. The van der Waals surface area contributed by atoms with Crippen LogP contribution in [0, 0.1) is 6.92 Å². The second kappa shape index (κ2) is 9.33. The van der Waals surface area contributed by atoms with Gasteiger partial charge in [-0.3, -0.25) is 4.90 Å². The maximum absolute atomic E-state index is 6.15. The molecule has 2 aliphatic heterocycles. The monoisotopic (exact) mass is 474 g/mol. The molecule has 0 aliphatic carbocycles. The van der Waals surface area contributed by atoms with Crippen molar-refractivity contribution in [1.29, 1.82) is 0 Å². The summed E-state index contributed by atoms with van der Waals surface area (Å²) in [4.78, 5) is 7.09. The van der Waals surface area contributed by atoms with Crippen molar-refractivity contribution in [3.63, 3.8) is 0 Å². The van der Waals surface area contributed by atoms with Gasteiger partial charge in [0.2, 0.25) is 5.88 Å². The Morgan fingerprint density at radius 3 is 2.81 bits per heavy atom. The second-order valence-electron chi connectivity index (χ2n) is 8.53. The van der Waals surface area contributed by atoms with Gasteiger partial charge < -0.3 is 14.6 Å². The quantitative estimate of drug-likeness (QED) is 0.557. The van der Waals surface area contributed by atoms with Crippen LogP contribution in [-0.4, -0.2) is 57.0 Å². The van der Waals surface area contributed by atoms with E-state index < -0.39 is 0 Å². The summed E-state index contributed by atoms with van der Waals surface area (Å²) in [6.07, 6.45) is 6.56. The van der Waals surface area contributed by atoms with Crippen molar-refractivity contribution in [2.45, 2.75) is 38.6 Å². The number of nitrogens with one attached hydrogen (secondary N) is 1. The van der Waals surface area contributed by atoms with Crippen LogP contribution in [0.15, 0.2) is 30.6 Å². The fourth-order valence-corrected chi connectivity index (χ4v) is 4.90. The van der Waals surface area contributed by atoms with Gasteiger partial charge in [0.05, 0.1) is 27.8 Å². The molecule has 1 saturated heterocycles. The van der Waals surface area contributed by atoms with E-state index in [4.69, 9.17) is 27.9 Å². The van der Waals surface area contributed by atoms with Crippen LogP contribution in [-0.2, 0) is 6.42 Å². The molecular formula is C23H28Cl2N6O. The summed E-state index contributed by atoms with van der Waals surface area (Å²) in [5, 5.41) is 9.16. The van der Waals surface area contributed by atoms with Crippen molar-refractivity contribution in [2.75, 3.05) is 38.1 Å². The number of anilines is 1. The Balaban J connectivity index is 1.12. The van der Waals surface area contributed by atoms with E-state index >= 15 is 0 Å². The largest absolute Gasteiger partial charge is 0.475 e. The van der Waals surface area contributed by atoms with Crippen molar-refractivity contribution in [3.8, 4) is 11.6 Å². The van der Waals surface area contributed by atoms with E-state index in [1.807, 2.05) is 36.1 Å². The Morgan fingerprint density at radius 1 is 1.16 bits per heavy atom. The number of hydrogen-bond acceptors (Lipinski definition) is 5. The molecule has 0 unspecified atom stereocenters. The number of piperidine rings is 1. The molecule has 32 heavy (non-hydrogen) atoms. The van der Waals surface area contributed by atoms with Crippen LogP contribution in [0.2, 0.25) is 10.0 Å². The molecule has 3 aromatic rings. The molecule has 2 aromatic heterocycles.